The van der Waals surface area contributed by atoms with Crippen LogP contribution in [0.1, 0.15) is 46.8 Å². The van der Waals surface area contributed by atoms with Crippen molar-refractivity contribution >= 4 is 17.6 Å². The van der Waals surface area contributed by atoms with Crippen LogP contribution in [0.25, 0.3) is 11.4 Å². The Hall–Kier alpha value is -3.75. The van der Waals surface area contributed by atoms with E-state index in [1.165, 1.54) is 12.1 Å². The second-order valence-electron chi connectivity index (χ2n) is 8.91. The number of hydrogen-bond donors (Lipinski definition) is 0. The van der Waals surface area contributed by atoms with E-state index in [1.54, 1.807) is 23.2 Å². The van der Waals surface area contributed by atoms with Crippen LogP contribution in [0.15, 0.2) is 54.7 Å². The summed E-state index contributed by atoms with van der Waals surface area (Å²) in [7, 11) is 1.11. The third-order valence-corrected chi connectivity index (χ3v) is 5.87. The van der Waals surface area contributed by atoms with Gasteiger partial charge in [-0.05, 0) is 29.2 Å². The third kappa shape index (κ3) is 5.34. The topological polar surface area (TPSA) is 66.4 Å². The molecule has 2 amide bonds. The summed E-state index contributed by atoms with van der Waals surface area (Å²) in [4.78, 5) is 36.5. The van der Waals surface area contributed by atoms with E-state index in [0.717, 1.165) is 29.3 Å². The van der Waals surface area contributed by atoms with E-state index in [2.05, 4.69) is 18.8 Å². The zero-order valence-corrected chi connectivity index (χ0v) is 19.6. The average molecular weight is 483 g/mol. The highest BCUT2D eigenvalue weighted by Gasteiger charge is 2.32. The maximum Gasteiger partial charge on any atom is 0.406 e. The lowest BCUT2D eigenvalue weighted by Gasteiger charge is -2.20. The molecule has 0 atom stereocenters. The molecule has 2 heterocycles. The molecule has 0 saturated carbocycles. The number of benzene rings is 2. The van der Waals surface area contributed by atoms with Crippen LogP contribution in [-0.4, -0.2) is 46.5 Å². The first-order valence-corrected chi connectivity index (χ1v) is 11.2. The van der Waals surface area contributed by atoms with Crippen molar-refractivity contribution in [3.63, 3.8) is 0 Å². The van der Waals surface area contributed by atoms with Gasteiger partial charge >= 0.3 is 6.18 Å². The summed E-state index contributed by atoms with van der Waals surface area (Å²) in [6, 6.07) is 14.1. The maximum atomic E-state index is 12.7. The Kier molecular flexibility index (Phi) is 6.60. The molecule has 2 aromatic carbocycles. The summed E-state index contributed by atoms with van der Waals surface area (Å²) >= 11 is 0. The fraction of sp³-hybridized carbons (Fsp3) is 0.308. The molecule has 0 N–H and O–H groups in total. The van der Waals surface area contributed by atoms with Crippen LogP contribution in [0.4, 0.5) is 19.0 Å². The van der Waals surface area contributed by atoms with Gasteiger partial charge in [-0.3, -0.25) is 14.5 Å². The Labute approximate surface area is 201 Å². The summed E-state index contributed by atoms with van der Waals surface area (Å²) in [6.45, 7) is 3.09. The molecule has 35 heavy (non-hydrogen) atoms. The largest absolute Gasteiger partial charge is 0.406 e. The van der Waals surface area contributed by atoms with Crippen LogP contribution in [-0.2, 0) is 17.8 Å². The number of rotatable bonds is 6. The van der Waals surface area contributed by atoms with E-state index in [4.69, 9.17) is 4.98 Å². The standard InChI is InChI=1S/C26H25F3N4O2/c1-16(2)20-6-4-5-7-21(20)23-30-13-19-12-22(34)33(24(19)31-23)14-17-8-10-18(11-9-17)25(35)32(3)15-26(27,28)29/h4-11,13,16H,12,14-15H2,1-3H3. The molecule has 4 rings (SSSR count). The molecule has 1 aromatic heterocycles. The zero-order valence-electron chi connectivity index (χ0n) is 19.6. The molecule has 0 bridgehead atoms. The lowest BCUT2D eigenvalue weighted by Crippen LogP contribution is -2.35. The number of carbonyl (C=O) groups is 2. The van der Waals surface area contributed by atoms with Gasteiger partial charge in [0.1, 0.15) is 12.4 Å². The Morgan fingerprint density at radius 3 is 2.46 bits per heavy atom. The van der Waals surface area contributed by atoms with E-state index in [1.807, 2.05) is 24.3 Å². The first kappa shape index (κ1) is 24.4. The second-order valence-corrected chi connectivity index (χ2v) is 8.91. The van der Waals surface area contributed by atoms with Crippen LogP contribution in [0.3, 0.4) is 0 Å². The molecule has 1 aliphatic rings. The monoisotopic (exact) mass is 482 g/mol. The molecular weight excluding hydrogens is 457 g/mol. The summed E-state index contributed by atoms with van der Waals surface area (Å²) in [5.74, 6) is 0.522. The van der Waals surface area contributed by atoms with Gasteiger partial charge in [-0.25, -0.2) is 9.97 Å². The molecule has 182 valence electrons. The number of fused-ring (bicyclic) bond motifs is 1. The van der Waals surface area contributed by atoms with Crippen LogP contribution in [0.5, 0.6) is 0 Å². The predicted molar refractivity (Wildman–Crippen MR) is 126 cm³/mol. The minimum Gasteiger partial charge on any atom is -0.333 e. The zero-order chi connectivity index (χ0) is 25.3. The molecule has 6 nitrogen and oxygen atoms in total. The van der Waals surface area contributed by atoms with Crippen molar-refractivity contribution in [3.8, 4) is 11.4 Å². The molecule has 9 heteroatoms. The summed E-state index contributed by atoms with van der Waals surface area (Å²) in [6.07, 6.45) is -2.59. The minimum absolute atomic E-state index is 0.117. The Balaban J connectivity index is 1.56. The molecule has 1 aliphatic heterocycles. The van der Waals surface area contributed by atoms with E-state index in [-0.39, 0.29) is 30.4 Å². The van der Waals surface area contributed by atoms with Crippen molar-refractivity contribution in [1.82, 2.24) is 14.9 Å². The first-order valence-electron chi connectivity index (χ1n) is 11.2. The normalized spacial score (nSPS) is 13.3. The predicted octanol–water partition coefficient (Wildman–Crippen LogP) is 4.99. The van der Waals surface area contributed by atoms with E-state index in [0.29, 0.717) is 16.5 Å². The van der Waals surface area contributed by atoms with Crippen molar-refractivity contribution in [3.05, 3.63) is 77.0 Å². The van der Waals surface area contributed by atoms with Gasteiger partial charge in [0, 0.05) is 29.9 Å². The number of hydrogen-bond acceptors (Lipinski definition) is 4. The van der Waals surface area contributed by atoms with Crippen molar-refractivity contribution in [2.75, 3.05) is 18.5 Å². The fourth-order valence-electron chi connectivity index (χ4n) is 4.13. The molecule has 0 unspecified atom stereocenters. The third-order valence-electron chi connectivity index (χ3n) is 5.87. The number of amides is 2. The molecule has 0 saturated heterocycles. The Morgan fingerprint density at radius 2 is 1.80 bits per heavy atom. The van der Waals surface area contributed by atoms with E-state index < -0.39 is 18.6 Å². The van der Waals surface area contributed by atoms with Gasteiger partial charge in [0.2, 0.25) is 5.91 Å². The summed E-state index contributed by atoms with van der Waals surface area (Å²) in [5, 5.41) is 0. The van der Waals surface area contributed by atoms with Crippen molar-refractivity contribution in [2.24, 2.45) is 0 Å². The van der Waals surface area contributed by atoms with Crippen LogP contribution in [0, 0.1) is 0 Å². The SMILES string of the molecule is CC(C)c1ccccc1-c1ncc2c(n1)N(Cc1ccc(C(=O)N(C)CC(F)(F)F)cc1)C(=O)C2. The van der Waals surface area contributed by atoms with Crippen molar-refractivity contribution in [1.29, 1.82) is 0 Å². The number of alkyl halides is 3. The lowest BCUT2D eigenvalue weighted by atomic mass is 9.97. The van der Waals surface area contributed by atoms with Crippen LogP contribution in [0.2, 0.25) is 0 Å². The number of carbonyl (C=O) groups excluding carboxylic acids is 2. The van der Waals surface area contributed by atoms with Crippen LogP contribution >= 0.6 is 0 Å². The Morgan fingerprint density at radius 1 is 1.11 bits per heavy atom. The number of aromatic nitrogens is 2. The highest BCUT2D eigenvalue weighted by Crippen LogP contribution is 2.32. The molecule has 0 aliphatic carbocycles. The van der Waals surface area contributed by atoms with Gasteiger partial charge in [-0.1, -0.05) is 50.2 Å². The molecule has 0 spiro atoms. The molecule has 3 aromatic rings. The van der Waals surface area contributed by atoms with Crippen molar-refractivity contribution in [2.45, 2.75) is 38.9 Å². The van der Waals surface area contributed by atoms with Gasteiger partial charge in [0.25, 0.3) is 5.91 Å². The van der Waals surface area contributed by atoms with Gasteiger partial charge in [0.05, 0.1) is 13.0 Å². The lowest BCUT2D eigenvalue weighted by molar-refractivity contribution is -0.138. The smallest absolute Gasteiger partial charge is 0.333 e. The van der Waals surface area contributed by atoms with E-state index >= 15 is 0 Å². The Bertz CT molecular complexity index is 1260. The van der Waals surface area contributed by atoms with Crippen LogP contribution < -0.4 is 4.90 Å². The minimum atomic E-state index is -4.47. The van der Waals surface area contributed by atoms with E-state index in [9.17, 15) is 22.8 Å². The van der Waals surface area contributed by atoms with Gasteiger partial charge < -0.3 is 4.90 Å². The van der Waals surface area contributed by atoms with Gasteiger partial charge in [-0.2, -0.15) is 13.2 Å². The quantitative estimate of drug-likeness (QED) is 0.497. The second kappa shape index (κ2) is 9.48. The fourth-order valence-corrected chi connectivity index (χ4v) is 4.13. The highest BCUT2D eigenvalue weighted by atomic mass is 19.4. The number of halogens is 3. The average Bonchev–Trinajstić information content (AvgIpc) is 3.12. The summed E-state index contributed by atoms with van der Waals surface area (Å²) < 4.78 is 37.8. The number of nitrogens with zero attached hydrogens (tertiary/aromatic N) is 4. The highest BCUT2D eigenvalue weighted by molar-refractivity contribution is 6.00. The number of anilines is 1. The molecular formula is C26H25F3N4O2. The summed E-state index contributed by atoms with van der Waals surface area (Å²) in [5.41, 5.74) is 3.63. The molecule has 0 fully saturated rings. The molecule has 0 radical (unpaired) electrons. The van der Waals surface area contributed by atoms with Crippen molar-refractivity contribution < 1.29 is 22.8 Å². The first-order chi connectivity index (χ1) is 16.5. The maximum absolute atomic E-state index is 12.7. The van der Waals surface area contributed by atoms with Gasteiger partial charge in [0.15, 0.2) is 5.82 Å². The van der Waals surface area contributed by atoms with Gasteiger partial charge in [-0.15, -0.1) is 0 Å².